The van der Waals surface area contributed by atoms with Gasteiger partial charge < -0.3 is 25.2 Å². The van der Waals surface area contributed by atoms with E-state index < -0.39 is 45.1 Å². The number of aliphatic carboxylic acids is 1. The maximum Gasteiger partial charge on any atom is 0.472 e. The topological polar surface area (TPSA) is 155 Å². The number of phosphoric ester groups is 1. The third-order valence-electron chi connectivity index (χ3n) is 11.1. The summed E-state index contributed by atoms with van der Waals surface area (Å²) < 4.78 is 33.5. The molecule has 0 aromatic heterocycles. The molecule has 10 nitrogen and oxygen atoms in total. The Morgan fingerprint density at radius 2 is 0.906 bits per heavy atom. The van der Waals surface area contributed by atoms with Gasteiger partial charge in [0.1, 0.15) is 12.1 Å². The number of rotatable bonds is 49. The van der Waals surface area contributed by atoms with Crippen LogP contribution in [0.5, 0.6) is 0 Å². The lowest BCUT2D eigenvalue weighted by Gasteiger charge is -2.20. The van der Waals surface area contributed by atoms with Gasteiger partial charge in [0, 0.05) is 13.0 Å². The molecule has 0 rings (SSSR count). The van der Waals surface area contributed by atoms with Crippen LogP contribution in [-0.2, 0) is 32.7 Å². The number of hydrogen-bond donors (Lipinski definition) is 3. The Kier molecular flexibility index (Phi) is 46.8. The van der Waals surface area contributed by atoms with Crippen LogP contribution >= 0.6 is 7.82 Å². The Hall–Kier alpha value is -2.33. The predicted octanol–water partition coefficient (Wildman–Crippen LogP) is 15.2. The highest BCUT2D eigenvalue weighted by Crippen LogP contribution is 2.43. The fourth-order valence-electron chi connectivity index (χ4n) is 7.10. The van der Waals surface area contributed by atoms with E-state index in [0.29, 0.717) is 13.0 Å². The summed E-state index contributed by atoms with van der Waals surface area (Å²) in [6.07, 6.45) is 59.9. The van der Waals surface area contributed by atoms with Gasteiger partial charge in [0.2, 0.25) is 0 Å². The van der Waals surface area contributed by atoms with Crippen LogP contribution in [0.1, 0.15) is 226 Å². The van der Waals surface area contributed by atoms with E-state index in [0.717, 1.165) is 77.0 Å². The smallest absolute Gasteiger partial charge is 0.472 e. The van der Waals surface area contributed by atoms with Crippen molar-refractivity contribution in [2.75, 3.05) is 26.4 Å². The standard InChI is InChI=1S/C53H96NO9P/c1-3-5-7-9-11-13-15-17-19-21-23-25-26-28-30-32-34-36-38-40-42-44-46-60-47-50(48-61-64(58,59)62-49-51(54)53(56)57)63-52(55)45-43-41-39-37-35-33-31-29-27-24-22-20-18-16-14-12-10-8-6-4-2/h5,7,11,13,17,19,23,25,28,30,50-51H,3-4,6,8-10,12,14-16,18,20-22,24,26-27,29,31-49,54H2,1-2H3,(H,56,57)(H,58,59)/b7-5-,13-11-,19-17-,25-23-,30-28-. The summed E-state index contributed by atoms with van der Waals surface area (Å²) in [5, 5.41) is 8.93. The van der Waals surface area contributed by atoms with Gasteiger partial charge in [-0.3, -0.25) is 18.6 Å². The molecule has 0 aromatic carbocycles. The molecule has 0 fully saturated rings. The highest BCUT2D eigenvalue weighted by atomic mass is 31.2. The highest BCUT2D eigenvalue weighted by Gasteiger charge is 2.27. The van der Waals surface area contributed by atoms with Crippen molar-refractivity contribution in [2.24, 2.45) is 5.73 Å². The van der Waals surface area contributed by atoms with Gasteiger partial charge in [-0.25, -0.2) is 4.57 Å². The number of carboxylic acid groups (broad SMARTS) is 1. The van der Waals surface area contributed by atoms with Gasteiger partial charge in [0.25, 0.3) is 0 Å². The van der Waals surface area contributed by atoms with Crippen molar-refractivity contribution in [3.63, 3.8) is 0 Å². The maximum absolute atomic E-state index is 12.7. The van der Waals surface area contributed by atoms with Crippen molar-refractivity contribution in [1.29, 1.82) is 0 Å². The molecule has 0 heterocycles. The lowest BCUT2D eigenvalue weighted by Crippen LogP contribution is -2.34. The highest BCUT2D eigenvalue weighted by molar-refractivity contribution is 7.47. The summed E-state index contributed by atoms with van der Waals surface area (Å²) in [4.78, 5) is 33.7. The lowest BCUT2D eigenvalue weighted by atomic mass is 10.0. The van der Waals surface area contributed by atoms with Gasteiger partial charge in [0.05, 0.1) is 19.8 Å². The molecule has 3 atom stereocenters. The summed E-state index contributed by atoms with van der Waals surface area (Å²) in [6, 6.07) is -1.48. The van der Waals surface area contributed by atoms with Crippen LogP contribution < -0.4 is 5.73 Å². The van der Waals surface area contributed by atoms with E-state index in [1.165, 1.54) is 122 Å². The monoisotopic (exact) mass is 922 g/mol. The average Bonchev–Trinajstić information content (AvgIpc) is 3.28. The molecule has 0 aliphatic heterocycles. The van der Waals surface area contributed by atoms with E-state index in [2.05, 4.69) is 74.6 Å². The predicted molar refractivity (Wildman–Crippen MR) is 267 cm³/mol. The normalized spacial score (nSPS) is 14.2. The molecular formula is C53H96NO9P. The maximum atomic E-state index is 12.7. The Bertz CT molecular complexity index is 1250. The number of carboxylic acids is 1. The minimum absolute atomic E-state index is 0.00683. The van der Waals surface area contributed by atoms with Crippen molar-refractivity contribution in [1.82, 2.24) is 0 Å². The number of unbranched alkanes of at least 4 members (excludes halogenated alkanes) is 25. The molecule has 0 saturated heterocycles. The van der Waals surface area contributed by atoms with Crippen LogP contribution in [0.4, 0.5) is 0 Å². The van der Waals surface area contributed by atoms with Crippen LogP contribution in [0, 0.1) is 0 Å². The zero-order valence-corrected chi connectivity index (χ0v) is 41.8. The molecule has 4 N–H and O–H groups in total. The second-order valence-electron chi connectivity index (χ2n) is 17.3. The van der Waals surface area contributed by atoms with Crippen LogP contribution in [0.3, 0.4) is 0 Å². The number of ether oxygens (including phenoxy) is 2. The average molecular weight is 922 g/mol. The van der Waals surface area contributed by atoms with Crippen molar-refractivity contribution in [3.8, 4) is 0 Å². The molecular weight excluding hydrogens is 826 g/mol. The Balaban J connectivity index is 4.17. The van der Waals surface area contributed by atoms with Crippen molar-refractivity contribution in [3.05, 3.63) is 60.8 Å². The van der Waals surface area contributed by atoms with Crippen LogP contribution in [-0.4, -0.2) is 60.5 Å². The summed E-state index contributed by atoms with van der Waals surface area (Å²) >= 11 is 0. The van der Waals surface area contributed by atoms with E-state index >= 15 is 0 Å². The van der Waals surface area contributed by atoms with Gasteiger partial charge in [0.15, 0.2) is 0 Å². The molecule has 0 aliphatic carbocycles. The van der Waals surface area contributed by atoms with E-state index in [1.54, 1.807) is 0 Å². The van der Waals surface area contributed by atoms with Crippen LogP contribution in [0.15, 0.2) is 60.8 Å². The molecule has 0 spiro atoms. The van der Waals surface area contributed by atoms with E-state index in [-0.39, 0.29) is 13.0 Å². The molecule has 0 aromatic rings. The first-order valence-corrected chi connectivity index (χ1v) is 27.3. The van der Waals surface area contributed by atoms with Gasteiger partial charge in [-0.05, 0) is 57.8 Å². The third-order valence-corrected chi connectivity index (χ3v) is 12.0. The Morgan fingerprint density at radius 1 is 0.516 bits per heavy atom. The zero-order chi connectivity index (χ0) is 46.9. The van der Waals surface area contributed by atoms with Crippen molar-refractivity contribution < 1.29 is 42.7 Å². The van der Waals surface area contributed by atoms with Crippen molar-refractivity contribution >= 4 is 19.8 Å². The summed E-state index contributed by atoms with van der Waals surface area (Å²) in [5.74, 6) is -1.78. The SMILES string of the molecule is CC/C=C\C/C=C\C/C=C\C/C=C\C/C=C\CCCCCCCCOCC(COP(=O)(O)OCC(N)C(=O)O)OC(=O)CCCCCCCCCCCCCCCCCCCCCC. The fourth-order valence-corrected chi connectivity index (χ4v) is 7.88. The largest absolute Gasteiger partial charge is 0.480 e. The Morgan fingerprint density at radius 3 is 1.36 bits per heavy atom. The number of hydrogen-bond acceptors (Lipinski definition) is 8. The van der Waals surface area contributed by atoms with Gasteiger partial charge in [-0.15, -0.1) is 0 Å². The lowest BCUT2D eigenvalue weighted by molar-refractivity contribution is -0.154. The Labute approximate surface area is 392 Å². The van der Waals surface area contributed by atoms with Gasteiger partial charge in [-0.1, -0.05) is 222 Å². The molecule has 0 aliphatic rings. The quantitative estimate of drug-likeness (QED) is 0.0232. The van der Waals surface area contributed by atoms with Crippen LogP contribution in [0.2, 0.25) is 0 Å². The number of esters is 1. The zero-order valence-electron chi connectivity index (χ0n) is 40.9. The fraction of sp³-hybridized carbons (Fsp3) is 0.774. The summed E-state index contributed by atoms with van der Waals surface area (Å²) in [5.41, 5.74) is 5.38. The second-order valence-corrected chi connectivity index (χ2v) is 18.7. The molecule has 372 valence electrons. The third kappa shape index (κ3) is 47.6. The molecule has 64 heavy (non-hydrogen) atoms. The molecule has 0 radical (unpaired) electrons. The number of nitrogens with two attached hydrogens (primary N) is 1. The second kappa shape index (κ2) is 48.6. The van der Waals surface area contributed by atoms with E-state index in [9.17, 15) is 19.0 Å². The molecule has 0 bridgehead atoms. The minimum atomic E-state index is -4.63. The van der Waals surface area contributed by atoms with Gasteiger partial charge in [-0.2, -0.15) is 0 Å². The molecule has 0 amide bonds. The number of carbonyl (C=O) groups is 2. The minimum Gasteiger partial charge on any atom is -0.480 e. The molecule has 3 unspecified atom stereocenters. The number of allylic oxidation sites excluding steroid dienone is 10. The van der Waals surface area contributed by atoms with Crippen molar-refractivity contribution in [2.45, 2.75) is 238 Å². The first-order valence-electron chi connectivity index (χ1n) is 25.8. The first-order chi connectivity index (χ1) is 31.2. The van der Waals surface area contributed by atoms with E-state index in [4.69, 9.17) is 29.4 Å². The van der Waals surface area contributed by atoms with Crippen LogP contribution in [0.25, 0.3) is 0 Å². The first kappa shape index (κ1) is 61.7. The summed E-state index contributed by atoms with van der Waals surface area (Å²) in [7, 11) is -4.63. The number of carbonyl (C=O) groups excluding carboxylic acids is 1. The molecule has 11 heteroatoms. The number of phosphoric acid groups is 1. The van der Waals surface area contributed by atoms with Gasteiger partial charge >= 0.3 is 19.8 Å². The molecule has 0 saturated carbocycles. The summed E-state index contributed by atoms with van der Waals surface area (Å²) in [6.45, 7) is 3.76. The van der Waals surface area contributed by atoms with E-state index in [1.807, 2.05) is 0 Å².